The molecule has 0 radical (unpaired) electrons. The molecule has 1 aliphatic carbocycles. The van der Waals surface area contributed by atoms with E-state index in [-0.39, 0.29) is 42.7 Å². The third-order valence-electron chi connectivity index (χ3n) is 6.93. The molecule has 1 amide bonds. The Bertz CT molecular complexity index is 1050. The molecule has 1 saturated heterocycles. The van der Waals surface area contributed by atoms with Crippen LogP contribution in [0.1, 0.15) is 43.0 Å². The number of β-lactam (4-membered cyclic amide) rings is 1. The minimum Gasteiger partial charge on any atom is -0.477 e. The molecule has 2 aliphatic heterocycles. The van der Waals surface area contributed by atoms with Crippen molar-refractivity contribution in [3.63, 3.8) is 0 Å². The van der Waals surface area contributed by atoms with E-state index in [9.17, 15) is 24.3 Å². The maximum Gasteiger partial charge on any atom is 0.508 e. The third kappa shape index (κ3) is 4.65. The molecule has 4 rings (SSSR count). The molecule has 10 heteroatoms. The van der Waals surface area contributed by atoms with Gasteiger partial charge in [-0.1, -0.05) is 19.1 Å². The highest BCUT2D eigenvalue weighted by molar-refractivity contribution is 6.00. The van der Waals surface area contributed by atoms with E-state index in [1.807, 2.05) is 0 Å². The largest absolute Gasteiger partial charge is 0.508 e. The minimum absolute atomic E-state index is 0.00967. The number of hydrogen-bond acceptors (Lipinski definition) is 8. The van der Waals surface area contributed by atoms with Crippen LogP contribution >= 0.6 is 0 Å². The van der Waals surface area contributed by atoms with Crippen LogP contribution in [0.4, 0.5) is 4.79 Å². The van der Waals surface area contributed by atoms with Crippen LogP contribution in [0.2, 0.25) is 0 Å². The SMILES string of the molecule is C=CCOC(=O)O[C@H](C)[C@H]1C(=O)N2C(C(=O)O)=C3[C@H](CCOC(=O)c4cccnc4)CCC[C@H]3[C@H]12. The molecule has 0 spiro atoms. The van der Waals surface area contributed by atoms with Crippen molar-refractivity contribution in [3.05, 3.63) is 54.0 Å². The predicted molar refractivity (Wildman–Crippen MR) is 121 cm³/mol. The van der Waals surface area contributed by atoms with Crippen LogP contribution < -0.4 is 0 Å². The fourth-order valence-electron chi connectivity index (χ4n) is 5.53. The van der Waals surface area contributed by atoms with Crippen LogP contribution in [0.3, 0.4) is 0 Å². The Labute approximate surface area is 202 Å². The van der Waals surface area contributed by atoms with Crippen LogP contribution in [-0.4, -0.2) is 64.4 Å². The van der Waals surface area contributed by atoms with Gasteiger partial charge in [0.2, 0.25) is 5.91 Å². The molecule has 186 valence electrons. The van der Waals surface area contributed by atoms with Gasteiger partial charge in [0.1, 0.15) is 18.4 Å². The Morgan fingerprint density at radius 3 is 2.80 bits per heavy atom. The van der Waals surface area contributed by atoms with Gasteiger partial charge >= 0.3 is 18.1 Å². The molecule has 3 aliphatic rings. The number of ether oxygens (including phenoxy) is 3. The van der Waals surface area contributed by atoms with Gasteiger partial charge in [0, 0.05) is 18.3 Å². The Morgan fingerprint density at radius 1 is 1.31 bits per heavy atom. The number of carbonyl (C=O) groups excluding carboxylic acids is 3. The molecule has 0 aromatic carbocycles. The number of aromatic nitrogens is 1. The van der Waals surface area contributed by atoms with Crippen LogP contribution in [-0.2, 0) is 23.8 Å². The predicted octanol–water partition coefficient (Wildman–Crippen LogP) is 2.95. The van der Waals surface area contributed by atoms with Crippen LogP contribution in [0, 0.1) is 17.8 Å². The van der Waals surface area contributed by atoms with Gasteiger partial charge in [-0.3, -0.25) is 9.78 Å². The van der Waals surface area contributed by atoms with Gasteiger partial charge < -0.3 is 24.2 Å². The summed E-state index contributed by atoms with van der Waals surface area (Å²) >= 11 is 0. The molecule has 0 bridgehead atoms. The fourth-order valence-corrected chi connectivity index (χ4v) is 5.53. The second-order valence-electron chi connectivity index (χ2n) is 8.91. The van der Waals surface area contributed by atoms with E-state index in [0.29, 0.717) is 12.0 Å². The highest BCUT2D eigenvalue weighted by Crippen LogP contribution is 2.54. The maximum absolute atomic E-state index is 13.0. The van der Waals surface area contributed by atoms with Gasteiger partial charge in [-0.15, -0.1) is 0 Å². The number of rotatable bonds is 9. The molecule has 5 atom stereocenters. The summed E-state index contributed by atoms with van der Waals surface area (Å²) in [4.78, 5) is 54.6. The topological polar surface area (TPSA) is 132 Å². The van der Waals surface area contributed by atoms with E-state index in [1.54, 1.807) is 25.3 Å². The smallest absolute Gasteiger partial charge is 0.477 e. The van der Waals surface area contributed by atoms with Crippen molar-refractivity contribution in [1.29, 1.82) is 0 Å². The lowest BCUT2D eigenvalue weighted by atomic mass is 9.69. The van der Waals surface area contributed by atoms with E-state index < -0.39 is 30.1 Å². The molecule has 1 N–H and O–H groups in total. The minimum atomic E-state index is -1.16. The summed E-state index contributed by atoms with van der Waals surface area (Å²) in [5.74, 6) is -2.94. The average Bonchev–Trinajstić information content (AvgIpc) is 3.14. The van der Waals surface area contributed by atoms with Crippen molar-refractivity contribution >= 4 is 24.0 Å². The number of esters is 1. The zero-order valence-corrected chi connectivity index (χ0v) is 19.4. The Morgan fingerprint density at radius 2 is 2.11 bits per heavy atom. The van der Waals surface area contributed by atoms with E-state index in [0.717, 1.165) is 24.8 Å². The second-order valence-corrected chi connectivity index (χ2v) is 8.91. The van der Waals surface area contributed by atoms with Crippen molar-refractivity contribution in [2.45, 2.75) is 44.8 Å². The number of aliphatic carboxylic acids is 1. The number of carboxylic acids is 1. The van der Waals surface area contributed by atoms with Gasteiger partial charge in [-0.25, -0.2) is 14.4 Å². The summed E-state index contributed by atoms with van der Waals surface area (Å²) in [6, 6.07) is 2.87. The molecular weight excluding hydrogens is 456 g/mol. The molecule has 1 aromatic rings. The van der Waals surface area contributed by atoms with Crippen molar-refractivity contribution in [2.75, 3.05) is 13.2 Å². The first kappa shape index (κ1) is 24.4. The first-order chi connectivity index (χ1) is 16.8. The van der Waals surface area contributed by atoms with Crippen LogP contribution in [0.25, 0.3) is 0 Å². The number of amides is 1. The summed E-state index contributed by atoms with van der Waals surface area (Å²) in [5, 5.41) is 9.98. The molecule has 2 fully saturated rings. The van der Waals surface area contributed by atoms with Gasteiger partial charge in [0.25, 0.3) is 0 Å². The zero-order valence-electron chi connectivity index (χ0n) is 19.4. The molecule has 0 unspecified atom stereocenters. The number of fused-ring (bicyclic) bond motifs is 3. The standard InChI is InChI=1S/C25H28N2O8/c1-3-11-34-25(32)35-14(2)18-20-17-8-4-6-15(19(17)21(23(29)30)27(20)22(18)28)9-12-33-24(31)16-7-5-10-26-13-16/h3,5,7,10,13-15,17-18,20H,1,4,6,8-9,11-12H2,2H3,(H,29,30)/t14-,15+,17-,18-,20-/m1/s1. The number of nitrogens with zero attached hydrogens (tertiary/aromatic N) is 2. The first-order valence-corrected chi connectivity index (χ1v) is 11.7. The molecule has 1 aromatic heterocycles. The fraction of sp³-hybridized carbons (Fsp3) is 0.480. The van der Waals surface area contributed by atoms with Crippen molar-refractivity contribution in [1.82, 2.24) is 9.88 Å². The van der Waals surface area contributed by atoms with Crippen LogP contribution in [0.15, 0.2) is 48.5 Å². The van der Waals surface area contributed by atoms with E-state index in [1.165, 1.54) is 17.2 Å². The van der Waals surface area contributed by atoms with Crippen molar-refractivity contribution in [3.8, 4) is 0 Å². The lowest BCUT2D eigenvalue weighted by molar-refractivity contribution is -0.164. The van der Waals surface area contributed by atoms with E-state index >= 15 is 0 Å². The monoisotopic (exact) mass is 484 g/mol. The highest BCUT2D eigenvalue weighted by atomic mass is 16.7. The maximum atomic E-state index is 13.0. The van der Waals surface area contributed by atoms with Gasteiger partial charge in [-0.05, 0) is 49.8 Å². The third-order valence-corrected chi connectivity index (χ3v) is 6.93. The molecule has 35 heavy (non-hydrogen) atoms. The number of carboxylic acid groups (broad SMARTS) is 1. The number of carbonyl (C=O) groups is 4. The zero-order chi connectivity index (χ0) is 25.1. The second kappa shape index (κ2) is 10.3. The summed E-state index contributed by atoms with van der Waals surface area (Å²) in [5.41, 5.74) is 1.09. The van der Waals surface area contributed by atoms with Crippen molar-refractivity contribution in [2.24, 2.45) is 17.8 Å². The Hall–Kier alpha value is -3.69. The van der Waals surface area contributed by atoms with Gasteiger partial charge in [-0.2, -0.15) is 0 Å². The van der Waals surface area contributed by atoms with Crippen molar-refractivity contribution < 1.29 is 38.5 Å². The quantitative estimate of drug-likeness (QED) is 0.319. The van der Waals surface area contributed by atoms with Gasteiger partial charge in [0.15, 0.2) is 0 Å². The first-order valence-electron chi connectivity index (χ1n) is 11.7. The van der Waals surface area contributed by atoms with E-state index in [2.05, 4.69) is 11.6 Å². The highest BCUT2D eigenvalue weighted by Gasteiger charge is 2.63. The normalized spacial score (nSPS) is 25.6. The van der Waals surface area contributed by atoms with Gasteiger partial charge in [0.05, 0.1) is 24.1 Å². The summed E-state index contributed by atoms with van der Waals surface area (Å²) in [6.45, 7) is 5.20. The number of hydrogen-bond donors (Lipinski definition) is 1. The van der Waals surface area contributed by atoms with E-state index in [4.69, 9.17) is 14.2 Å². The molecule has 10 nitrogen and oxygen atoms in total. The summed E-state index contributed by atoms with van der Waals surface area (Å²) < 4.78 is 15.5. The number of pyridine rings is 1. The van der Waals surface area contributed by atoms with Crippen LogP contribution in [0.5, 0.6) is 0 Å². The molecule has 3 heterocycles. The summed E-state index contributed by atoms with van der Waals surface area (Å²) in [6.07, 6.45) is 5.51. The Kier molecular flexibility index (Phi) is 7.18. The Balaban J connectivity index is 1.46. The average molecular weight is 485 g/mol. The summed E-state index contributed by atoms with van der Waals surface area (Å²) in [7, 11) is 0. The molecular formula is C25H28N2O8. The lowest BCUT2D eigenvalue weighted by Crippen LogP contribution is -2.64. The lowest BCUT2D eigenvalue weighted by Gasteiger charge is -2.48. The molecule has 1 saturated carbocycles.